The molecule has 2 heterocycles. The summed E-state index contributed by atoms with van der Waals surface area (Å²) < 4.78 is 6.01. The smallest absolute Gasteiger partial charge is 0.232 e. The van der Waals surface area contributed by atoms with Gasteiger partial charge in [0.05, 0.1) is 11.1 Å². The number of phenols is 1. The fourth-order valence-corrected chi connectivity index (χ4v) is 4.55. The summed E-state index contributed by atoms with van der Waals surface area (Å²) >= 11 is 12.2. The van der Waals surface area contributed by atoms with Crippen molar-refractivity contribution in [2.24, 2.45) is 0 Å². The van der Waals surface area contributed by atoms with E-state index in [-0.39, 0.29) is 17.3 Å². The number of likely N-dealkylation sites (tertiary alicyclic amines) is 1. The van der Waals surface area contributed by atoms with Crippen molar-refractivity contribution in [2.45, 2.75) is 45.7 Å². The summed E-state index contributed by atoms with van der Waals surface area (Å²) in [6, 6.07) is 7.18. The highest BCUT2D eigenvalue weighted by molar-refractivity contribution is 6.35. The molecule has 1 N–H and O–H groups in total. The van der Waals surface area contributed by atoms with Crippen LogP contribution in [0.15, 0.2) is 30.0 Å². The van der Waals surface area contributed by atoms with Crippen LogP contribution in [0.5, 0.6) is 11.5 Å². The van der Waals surface area contributed by atoms with Crippen LogP contribution in [0.25, 0.3) is 6.08 Å². The highest BCUT2D eigenvalue weighted by atomic mass is 35.5. The molecule has 2 aliphatic rings. The standard InChI is InChI=1S/C23H23Cl2NO3/c1-13-9-19(27)17(12-26-8-4-3-5-14(26)2)23-21(13)22(28)20(29-23)10-15-6-7-16(24)11-18(15)25/h6-7,9-11,14,27H,3-5,8,12H2,1-2H3/b20-10-. The van der Waals surface area contributed by atoms with Crippen molar-refractivity contribution < 1.29 is 14.6 Å². The first kappa shape index (κ1) is 20.3. The van der Waals surface area contributed by atoms with E-state index < -0.39 is 0 Å². The Morgan fingerprint density at radius 3 is 2.79 bits per heavy atom. The number of nitrogens with zero attached hydrogens (tertiary/aromatic N) is 1. The molecule has 0 bridgehead atoms. The fraction of sp³-hybridized carbons (Fsp3) is 0.348. The van der Waals surface area contributed by atoms with Crippen LogP contribution in [0.3, 0.4) is 0 Å². The van der Waals surface area contributed by atoms with E-state index in [2.05, 4.69) is 11.8 Å². The van der Waals surface area contributed by atoms with Crippen molar-refractivity contribution in [1.82, 2.24) is 4.90 Å². The molecule has 4 nitrogen and oxygen atoms in total. The van der Waals surface area contributed by atoms with Gasteiger partial charge in [-0.15, -0.1) is 0 Å². The van der Waals surface area contributed by atoms with Gasteiger partial charge in [-0.2, -0.15) is 0 Å². The van der Waals surface area contributed by atoms with Crippen LogP contribution in [0, 0.1) is 6.92 Å². The molecule has 152 valence electrons. The van der Waals surface area contributed by atoms with E-state index in [1.54, 1.807) is 30.3 Å². The number of carbonyl (C=O) groups is 1. The molecule has 0 aliphatic carbocycles. The average molecular weight is 432 g/mol. The minimum absolute atomic E-state index is 0.164. The van der Waals surface area contributed by atoms with E-state index >= 15 is 0 Å². The van der Waals surface area contributed by atoms with Crippen LogP contribution in [-0.2, 0) is 6.54 Å². The molecule has 2 aliphatic heterocycles. The number of hydrogen-bond acceptors (Lipinski definition) is 4. The fourth-order valence-electron chi connectivity index (χ4n) is 4.09. The number of aryl methyl sites for hydroxylation is 1. The Bertz CT molecular complexity index is 1020. The summed E-state index contributed by atoms with van der Waals surface area (Å²) in [6.07, 6.45) is 5.12. The molecule has 1 atom stereocenters. The molecule has 0 saturated carbocycles. The van der Waals surface area contributed by atoms with Gasteiger partial charge in [-0.05, 0) is 68.6 Å². The Morgan fingerprint density at radius 2 is 2.07 bits per heavy atom. The van der Waals surface area contributed by atoms with E-state index in [4.69, 9.17) is 27.9 Å². The summed E-state index contributed by atoms with van der Waals surface area (Å²) in [7, 11) is 0. The number of piperidine rings is 1. The molecule has 2 aromatic rings. The number of carbonyl (C=O) groups excluding carboxylic acids is 1. The van der Waals surface area contributed by atoms with Gasteiger partial charge in [-0.1, -0.05) is 35.7 Å². The molecule has 0 radical (unpaired) electrons. The highest BCUT2D eigenvalue weighted by Crippen LogP contribution is 2.43. The normalized spacial score (nSPS) is 20.8. The lowest BCUT2D eigenvalue weighted by Crippen LogP contribution is -2.36. The molecule has 29 heavy (non-hydrogen) atoms. The molecule has 1 saturated heterocycles. The van der Waals surface area contributed by atoms with Gasteiger partial charge in [0.2, 0.25) is 5.78 Å². The number of rotatable bonds is 3. The Morgan fingerprint density at radius 1 is 1.28 bits per heavy atom. The minimum atomic E-state index is -0.198. The minimum Gasteiger partial charge on any atom is -0.507 e. The van der Waals surface area contributed by atoms with Crippen LogP contribution < -0.4 is 4.74 Å². The van der Waals surface area contributed by atoms with Crippen molar-refractivity contribution in [3.05, 3.63) is 62.3 Å². The molecule has 1 fully saturated rings. The first-order valence-corrected chi connectivity index (χ1v) is 10.6. The number of aromatic hydroxyl groups is 1. The second-order valence-electron chi connectivity index (χ2n) is 7.82. The number of ketones is 1. The number of halogens is 2. The summed E-state index contributed by atoms with van der Waals surface area (Å²) in [5.41, 5.74) is 2.53. The van der Waals surface area contributed by atoms with Crippen LogP contribution in [0.2, 0.25) is 10.0 Å². The molecule has 0 aromatic heterocycles. The number of Topliss-reactive ketones (excluding diaryl/α,β-unsaturated/α-hetero) is 1. The van der Waals surface area contributed by atoms with E-state index in [0.717, 1.165) is 19.4 Å². The second-order valence-corrected chi connectivity index (χ2v) is 8.66. The predicted octanol–water partition coefficient (Wildman–Crippen LogP) is 6.00. The van der Waals surface area contributed by atoms with Gasteiger partial charge >= 0.3 is 0 Å². The maximum Gasteiger partial charge on any atom is 0.232 e. The monoisotopic (exact) mass is 431 g/mol. The molecule has 0 spiro atoms. The van der Waals surface area contributed by atoms with E-state index in [1.165, 1.54) is 6.42 Å². The number of phenolic OH excluding ortho intramolecular Hbond substituents is 1. The summed E-state index contributed by atoms with van der Waals surface area (Å²) in [6.45, 7) is 5.54. The van der Waals surface area contributed by atoms with Gasteiger partial charge in [-0.25, -0.2) is 0 Å². The Labute approximate surface area is 180 Å². The quantitative estimate of drug-likeness (QED) is 0.605. The lowest BCUT2D eigenvalue weighted by Gasteiger charge is -2.33. The van der Waals surface area contributed by atoms with Gasteiger partial charge in [0.25, 0.3) is 0 Å². The second kappa shape index (κ2) is 8.02. The largest absolute Gasteiger partial charge is 0.507 e. The predicted molar refractivity (Wildman–Crippen MR) is 116 cm³/mol. The molecular weight excluding hydrogens is 409 g/mol. The van der Waals surface area contributed by atoms with Crippen molar-refractivity contribution in [1.29, 1.82) is 0 Å². The highest BCUT2D eigenvalue weighted by Gasteiger charge is 2.34. The molecule has 1 unspecified atom stereocenters. The first-order chi connectivity index (χ1) is 13.8. The zero-order valence-corrected chi connectivity index (χ0v) is 18.0. The third-order valence-electron chi connectivity index (χ3n) is 5.77. The lowest BCUT2D eigenvalue weighted by molar-refractivity contribution is 0.101. The molecule has 6 heteroatoms. The maximum absolute atomic E-state index is 13.1. The third kappa shape index (κ3) is 3.89. The Hall–Kier alpha value is -2.01. The first-order valence-electron chi connectivity index (χ1n) is 9.84. The van der Waals surface area contributed by atoms with E-state index in [0.29, 0.717) is 50.6 Å². The van der Waals surface area contributed by atoms with Gasteiger partial charge in [0.15, 0.2) is 5.76 Å². The van der Waals surface area contributed by atoms with Crippen molar-refractivity contribution in [3.8, 4) is 11.5 Å². The lowest BCUT2D eigenvalue weighted by atomic mass is 9.97. The van der Waals surface area contributed by atoms with E-state index in [1.807, 2.05) is 6.92 Å². The topological polar surface area (TPSA) is 49.8 Å². The molecule has 4 rings (SSSR count). The Balaban J connectivity index is 1.72. The average Bonchev–Trinajstić information content (AvgIpc) is 2.99. The van der Waals surface area contributed by atoms with Crippen LogP contribution in [-0.4, -0.2) is 28.4 Å². The van der Waals surface area contributed by atoms with Crippen LogP contribution in [0.4, 0.5) is 0 Å². The maximum atomic E-state index is 13.1. The number of allylic oxidation sites excluding steroid dienone is 1. The van der Waals surface area contributed by atoms with E-state index in [9.17, 15) is 9.90 Å². The SMILES string of the molecule is Cc1cc(O)c(CN2CCCCC2C)c2c1C(=O)/C(=C/c1ccc(Cl)cc1Cl)O2. The molecule has 2 aromatic carbocycles. The van der Waals surface area contributed by atoms with Gasteiger partial charge in [0, 0.05) is 22.6 Å². The van der Waals surface area contributed by atoms with Crippen molar-refractivity contribution in [3.63, 3.8) is 0 Å². The molecule has 0 amide bonds. The summed E-state index contributed by atoms with van der Waals surface area (Å²) in [5.74, 6) is 0.626. The summed E-state index contributed by atoms with van der Waals surface area (Å²) in [4.78, 5) is 15.4. The van der Waals surface area contributed by atoms with Crippen molar-refractivity contribution >= 4 is 35.1 Å². The number of fused-ring (bicyclic) bond motifs is 1. The zero-order valence-electron chi connectivity index (χ0n) is 16.5. The number of hydrogen-bond donors (Lipinski definition) is 1. The van der Waals surface area contributed by atoms with Gasteiger partial charge in [0.1, 0.15) is 11.5 Å². The molecular formula is C23H23Cl2NO3. The third-order valence-corrected chi connectivity index (χ3v) is 6.33. The Kier molecular flexibility index (Phi) is 5.60. The van der Waals surface area contributed by atoms with Gasteiger partial charge in [-0.3, -0.25) is 9.69 Å². The van der Waals surface area contributed by atoms with Gasteiger partial charge < -0.3 is 9.84 Å². The zero-order chi connectivity index (χ0) is 20.7. The summed E-state index contributed by atoms with van der Waals surface area (Å²) in [5, 5.41) is 11.6. The number of ether oxygens (including phenoxy) is 1. The van der Waals surface area contributed by atoms with Crippen molar-refractivity contribution in [2.75, 3.05) is 6.54 Å². The van der Waals surface area contributed by atoms with Crippen LogP contribution >= 0.6 is 23.2 Å². The van der Waals surface area contributed by atoms with Crippen LogP contribution in [0.1, 0.15) is 53.2 Å². The number of benzene rings is 2.